The minimum absolute atomic E-state index is 0.114. The van der Waals surface area contributed by atoms with E-state index >= 15 is 0 Å². The second kappa shape index (κ2) is 9.26. The minimum atomic E-state index is -0.498. The van der Waals surface area contributed by atoms with Gasteiger partial charge in [0.1, 0.15) is 5.82 Å². The number of anilines is 1. The molecule has 1 N–H and O–H groups in total. The molecule has 1 aromatic heterocycles. The van der Waals surface area contributed by atoms with Crippen molar-refractivity contribution in [1.82, 2.24) is 9.55 Å². The number of halogens is 1. The van der Waals surface area contributed by atoms with Gasteiger partial charge in [0.05, 0.1) is 19.8 Å². The van der Waals surface area contributed by atoms with Crippen molar-refractivity contribution in [2.45, 2.75) is 23.2 Å². The predicted octanol–water partition coefficient (Wildman–Crippen LogP) is 4.22. The lowest BCUT2D eigenvalue weighted by molar-refractivity contribution is -0.116. The van der Waals surface area contributed by atoms with E-state index in [1.807, 2.05) is 36.4 Å². The quantitative estimate of drug-likeness (QED) is 0.428. The van der Waals surface area contributed by atoms with Gasteiger partial charge in [-0.05, 0) is 23.8 Å². The Balaban J connectivity index is 1.76. The largest absolute Gasteiger partial charge is 0.493 e. The molecule has 1 amide bonds. The summed E-state index contributed by atoms with van der Waals surface area (Å²) in [5, 5.41) is 4.02. The molecule has 1 atom stereocenters. The molecule has 1 aliphatic heterocycles. The number of hydrogen-bond donors (Lipinski definition) is 1. The summed E-state index contributed by atoms with van der Waals surface area (Å²) in [6, 6.07) is 13.0. The van der Waals surface area contributed by atoms with E-state index in [9.17, 15) is 9.59 Å². The lowest BCUT2D eigenvalue weighted by atomic mass is 9.86. The zero-order chi connectivity index (χ0) is 22.8. The van der Waals surface area contributed by atoms with E-state index in [1.54, 1.807) is 24.8 Å². The SMILES string of the molecule is COc1cccc(C2CC(=O)Nc3c2c(=O)nc(SCc2cccc(Cl)c2)n3C)c1OC. The number of carbonyl (C=O) groups is 1. The molecule has 9 heteroatoms. The molecule has 0 saturated heterocycles. The number of benzene rings is 2. The number of para-hydroxylation sites is 1. The lowest BCUT2D eigenvalue weighted by Gasteiger charge is -2.28. The fraction of sp³-hybridized carbons (Fsp3) is 0.261. The highest BCUT2D eigenvalue weighted by Crippen LogP contribution is 2.43. The van der Waals surface area contributed by atoms with Crippen LogP contribution in [-0.4, -0.2) is 29.7 Å². The lowest BCUT2D eigenvalue weighted by Crippen LogP contribution is -2.33. The van der Waals surface area contributed by atoms with Gasteiger partial charge in [-0.25, -0.2) is 0 Å². The van der Waals surface area contributed by atoms with Crippen molar-refractivity contribution < 1.29 is 14.3 Å². The third-order valence-corrected chi connectivity index (χ3v) is 6.70. The molecule has 0 radical (unpaired) electrons. The molecule has 166 valence electrons. The number of carbonyl (C=O) groups excluding carboxylic acids is 1. The predicted molar refractivity (Wildman–Crippen MR) is 125 cm³/mol. The van der Waals surface area contributed by atoms with Gasteiger partial charge in [-0.3, -0.25) is 9.59 Å². The first-order chi connectivity index (χ1) is 15.4. The monoisotopic (exact) mass is 471 g/mol. The van der Waals surface area contributed by atoms with Gasteiger partial charge in [0.25, 0.3) is 5.56 Å². The van der Waals surface area contributed by atoms with Crippen molar-refractivity contribution in [2.24, 2.45) is 7.05 Å². The Labute approximate surface area is 194 Å². The van der Waals surface area contributed by atoms with Gasteiger partial charge >= 0.3 is 0 Å². The summed E-state index contributed by atoms with van der Waals surface area (Å²) in [4.78, 5) is 30.1. The van der Waals surface area contributed by atoms with E-state index in [4.69, 9.17) is 21.1 Å². The first kappa shape index (κ1) is 22.2. The number of methoxy groups -OCH3 is 2. The summed E-state index contributed by atoms with van der Waals surface area (Å²) in [5.41, 5.74) is 1.78. The van der Waals surface area contributed by atoms with Crippen LogP contribution < -0.4 is 20.3 Å². The summed E-state index contributed by atoms with van der Waals surface area (Å²) < 4.78 is 12.7. The van der Waals surface area contributed by atoms with Gasteiger partial charge < -0.3 is 19.4 Å². The van der Waals surface area contributed by atoms with Gasteiger partial charge in [-0.2, -0.15) is 4.98 Å². The van der Waals surface area contributed by atoms with E-state index in [0.717, 1.165) is 5.56 Å². The van der Waals surface area contributed by atoms with Crippen molar-refractivity contribution in [3.05, 3.63) is 74.5 Å². The highest BCUT2D eigenvalue weighted by molar-refractivity contribution is 7.98. The van der Waals surface area contributed by atoms with Gasteiger partial charge in [0.15, 0.2) is 16.7 Å². The number of amides is 1. The van der Waals surface area contributed by atoms with E-state index in [2.05, 4.69) is 10.3 Å². The summed E-state index contributed by atoms with van der Waals surface area (Å²) in [6.07, 6.45) is 0.114. The average Bonchev–Trinajstić information content (AvgIpc) is 2.79. The number of nitrogens with zero attached hydrogens (tertiary/aromatic N) is 2. The van der Waals surface area contributed by atoms with Gasteiger partial charge in [-0.15, -0.1) is 0 Å². The molecule has 2 aromatic carbocycles. The van der Waals surface area contributed by atoms with Crippen LogP contribution in [0.3, 0.4) is 0 Å². The van der Waals surface area contributed by atoms with Gasteiger partial charge in [0, 0.05) is 35.7 Å². The standard InChI is InChI=1S/C23H22ClN3O4S/c1-27-21-19(22(29)26-23(27)32-12-13-6-4-7-14(24)10-13)16(11-18(28)25-21)15-8-5-9-17(30-2)20(15)31-3/h4-10,16H,11-12H2,1-3H3,(H,25,28). The Hall–Kier alpha value is -2.97. The Kier molecular flexibility index (Phi) is 6.43. The van der Waals surface area contributed by atoms with E-state index in [1.165, 1.54) is 18.9 Å². The molecular formula is C23H22ClN3O4S. The first-order valence-corrected chi connectivity index (χ1v) is 11.3. The number of rotatable bonds is 6. The Bertz CT molecular complexity index is 1240. The van der Waals surface area contributed by atoms with Crippen LogP contribution in [0.1, 0.15) is 29.0 Å². The molecule has 3 aromatic rings. The van der Waals surface area contributed by atoms with Crippen LogP contribution in [0.5, 0.6) is 11.5 Å². The topological polar surface area (TPSA) is 82.5 Å². The average molecular weight is 472 g/mol. The Morgan fingerprint density at radius 1 is 1.19 bits per heavy atom. The summed E-state index contributed by atoms with van der Waals surface area (Å²) in [6.45, 7) is 0. The van der Waals surface area contributed by atoms with E-state index in [-0.39, 0.29) is 17.9 Å². The number of aromatic nitrogens is 2. The van der Waals surface area contributed by atoms with Crippen molar-refractivity contribution in [3.63, 3.8) is 0 Å². The smallest absolute Gasteiger partial charge is 0.279 e. The third kappa shape index (κ3) is 4.20. The normalized spacial score (nSPS) is 15.1. The second-order valence-corrected chi connectivity index (χ2v) is 8.71. The maximum Gasteiger partial charge on any atom is 0.279 e. The van der Waals surface area contributed by atoms with Gasteiger partial charge in [0.2, 0.25) is 5.91 Å². The fourth-order valence-corrected chi connectivity index (χ4v) is 5.01. The number of ether oxygens (including phenoxy) is 2. The Morgan fingerprint density at radius 3 is 2.69 bits per heavy atom. The molecule has 1 aliphatic rings. The van der Waals surface area contributed by atoms with Crippen LogP contribution in [0, 0.1) is 0 Å². The molecule has 0 bridgehead atoms. The van der Waals surface area contributed by atoms with Crippen molar-refractivity contribution in [2.75, 3.05) is 19.5 Å². The molecule has 32 heavy (non-hydrogen) atoms. The zero-order valence-corrected chi connectivity index (χ0v) is 19.4. The maximum atomic E-state index is 13.2. The Morgan fingerprint density at radius 2 is 1.97 bits per heavy atom. The third-order valence-electron chi connectivity index (χ3n) is 5.37. The molecule has 1 unspecified atom stereocenters. The number of thioether (sulfide) groups is 1. The van der Waals surface area contributed by atoms with E-state index in [0.29, 0.717) is 44.4 Å². The molecule has 0 aliphatic carbocycles. The molecule has 0 fully saturated rings. The zero-order valence-electron chi connectivity index (χ0n) is 17.8. The van der Waals surface area contributed by atoms with Crippen LogP contribution >= 0.6 is 23.4 Å². The van der Waals surface area contributed by atoms with Gasteiger partial charge in [-0.1, -0.05) is 47.6 Å². The summed E-state index contributed by atoms with van der Waals surface area (Å²) >= 11 is 7.47. The second-order valence-electron chi connectivity index (χ2n) is 7.33. The van der Waals surface area contributed by atoms with Crippen molar-refractivity contribution >= 4 is 35.1 Å². The van der Waals surface area contributed by atoms with Crippen LogP contribution in [0.2, 0.25) is 5.02 Å². The van der Waals surface area contributed by atoms with Crippen LogP contribution in [-0.2, 0) is 17.6 Å². The number of fused-ring (bicyclic) bond motifs is 1. The number of hydrogen-bond acceptors (Lipinski definition) is 6. The molecule has 4 rings (SSSR count). The van der Waals surface area contributed by atoms with Crippen molar-refractivity contribution in [1.29, 1.82) is 0 Å². The minimum Gasteiger partial charge on any atom is -0.493 e. The number of nitrogens with one attached hydrogen (secondary N) is 1. The van der Waals surface area contributed by atoms with Crippen molar-refractivity contribution in [3.8, 4) is 11.5 Å². The molecular weight excluding hydrogens is 450 g/mol. The maximum absolute atomic E-state index is 13.2. The summed E-state index contributed by atoms with van der Waals surface area (Å²) in [7, 11) is 4.88. The van der Waals surface area contributed by atoms with E-state index < -0.39 is 5.92 Å². The van der Waals surface area contributed by atoms with Crippen LogP contribution in [0.25, 0.3) is 0 Å². The summed E-state index contributed by atoms with van der Waals surface area (Å²) in [5.74, 6) is 1.39. The highest BCUT2D eigenvalue weighted by atomic mass is 35.5. The fourth-order valence-electron chi connectivity index (χ4n) is 3.89. The van der Waals surface area contributed by atoms with Crippen LogP contribution in [0.4, 0.5) is 5.82 Å². The molecule has 2 heterocycles. The molecule has 7 nitrogen and oxygen atoms in total. The molecule has 0 saturated carbocycles. The molecule has 0 spiro atoms. The van der Waals surface area contributed by atoms with Crippen LogP contribution in [0.15, 0.2) is 52.4 Å². The highest BCUT2D eigenvalue weighted by Gasteiger charge is 2.34. The first-order valence-electron chi connectivity index (χ1n) is 9.91.